The number of hydrogen-bond acceptors (Lipinski definition) is 3. The van der Waals surface area contributed by atoms with Crippen LogP contribution in [0.15, 0.2) is 49.1 Å². The molecular weight excluding hydrogens is 276 g/mol. The smallest absolute Gasteiger partial charge is 0.223 e. The molecule has 1 N–H and O–H groups in total. The number of benzene rings is 1. The number of carbonyl (C=O) groups is 1. The standard InChI is InChI=1S/C17H20N4O/c1-13(20-17(22)15-5-3-2-4-6-15)14-7-9-16(10-8-14)21-12-18-11-19-21/h2-3,7-13,15H,4-6H2,1H3,(H,20,22). The molecule has 5 nitrogen and oxygen atoms in total. The molecule has 1 aromatic carbocycles. The number of amides is 1. The monoisotopic (exact) mass is 296 g/mol. The molecule has 3 rings (SSSR count). The van der Waals surface area contributed by atoms with Crippen LogP contribution in [0.1, 0.15) is 37.8 Å². The third kappa shape index (κ3) is 3.24. The summed E-state index contributed by atoms with van der Waals surface area (Å²) in [6, 6.07) is 8.00. The number of carbonyl (C=O) groups excluding carboxylic acids is 1. The van der Waals surface area contributed by atoms with Gasteiger partial charge in [0.1, 0.15) is 12.7 Å². The van der Waals surface area contributed by atoms with Crippen LogP contribution in [-0.4, -0.2) is 20.7 Å². The molecule has 0 bridgehead atoms. The molecular formula is C17H20N4O. The lowest BCUT2D eigenvalue weighted by atomic mass is 9.93. The fourth-order valence-electron chi connectivity index (χ4n) is 2.70. The average Bonchev–Trinajstić information content (AvgIpc) is 3.10. The summed E-state index contributed by atoms with van der Waals surface area (Å²) in [6.45, 7) is 2.01. The molecule has 0 fully saturated rings. The minimum Gasteiger partial charge on any atom is -0.349 e. The van der Waals surface area contributed by atoms with Gasteiger partial charge in [-0.1, -0.05) is 24.3 Å². The van der Waals surface area contributed by atoms with E-state index in [2.05, 4.69) is 27.6 Å². The largest absolute Gasteiger partial charge is 0.349 e. The van der Waals surface area contributed by atoms with Gasteiger partial charge in [-0.2, -0.15) is 5.10 Å². The van der Waals surface area contributed by atoms with E-state index < -0.39 is 0 Å². The molecule has 0 radical (unpaired) electrons. The number of hydrogen-bond donors (Lipinski definition) is 1. The van der Waals surface area contributed by atoms with E-state index >= 15 is 0 Å². The number of allylic oxidation sites excluding steroid dienone is 2. The molecule has 0 aliphatic heterocycles. The lowest BCUT2D eigenvalue weighted by Crippen LogP contribution is -2.33. The van der Waals surface area contributed by atoms with Crippen LogP contribution in [0, 0.1) is 5.92 Å². The maximum atomic E-state index is 12.3. The van der Waals surface area contributed by atoms with Crippen LogP contribution in [-0.2, 0) is 4.79 Å². The quantitative estimate of drug-likeness (QED) is 0.883. The SMILES string of the molecule is CC(NC(=O)C1CC=CCC1)c1ccc(-n2cncn2)cc1. The highest BCUT2D eigenvalue weighted by Crippen LogP contribution is 2.21. The lowest BCUT2D eigenvalue weighted by molar-refractivity contribution is -0.125. The predicted molar refractivity (Wildman–Crippen MR) is 84.4 cm³/mol. The Bertz CT molecular complexity index is 646. The number of aromatic nitrogens is 3. The molecule has 1 aliphatic rings. The maximum absolute atomic E-state index is 12.3. The van der Waals surface area contributed by atoms with Crippen molar-refractivity contribution in [3.05, 3.63) is 54.6 Å². The summed E-state index contributed by atoms with van der Waals surface area (Å²) in [5.41, 5.74) is 2.04. The molecule has 2 unspecified atom stereocenters. The van der Waals surface area contributed by atoms with Gasteiger partial charge in [0.25, 0.3) is 0 Å². The minimum atomic E-state index is 0.00297. The number of nitrogens with zero attached hydrogens (tertiary/aromatic N) is 3. The molecule has 1 aromatic heterocycles. The first kappa shape index (κ1) is 14.5. The predicted octanol–water partition coefficient (Wildman–Crippen LogP) is 2.80. The van der Waals surface area contributed by atoms with E-state index in [1.807, 2.05) is 31.2 Å². The van der Waals surface area contributed by atoms with E-state index in [4.69, 9.17) is 0 Å². The molecule has 1 aliphatic carbocycles. The van der Waals surface area contributed by atoms with Crippen molar-refractivity contribution in [1.82, 2.24) is 20.1 Å². The van der Waals surface area contributed by atoms with Crippen molar-refractivity contribution in [3.8, 4) is 5.69 Å². The summed E-state index contributed by atoms with van der Waals surface area (Å²) < 4.78 is 1.71. The first-order chi connectivity index (χ1) is 10.7. The summed E-state index contributed by atoms with van der Waals surface area (Å²) in [7, 11) is 0. The molecule has 1 amide bonds. The van der Waals surface area contributed by atoms with E-state index in [1.54, 1.807) is 11.0 Å². The molecule has 22 heavy (non-hydrogen) atoms. The van der Waals surface area contributed by atoms with Crippen LogP contribution in [0.5, 0.6) is 0 Å². The van der Waals surface area contributed by atoms with Crippen molar-refractivity contribution in [1.29, 1.82) is 0 Å². The van der Waals surface area contributed by atoms with Crippen LogP contribution in [0.25, 0.3) is 5.69 Å². The van der Waals surface area contributed by atoms with E-state index in [1.165, 1.54) is 6.33 Å². The maximum Gasteiger partial charge on any atom is 0.223 e. The van der Waals surface area contributed by atoms with Gasteiger partial charge in [0.2, 0.25) is 5.91 Å². The summed E-state index contributed by atoms with van der Waals surface area (Å²) in [6.07, 6.45) is 10.2. The molecule has 0 saturated carbocycles. The van der Waals surface area contributed by atoms with Crippen LogP contribution >= 0.6 is 0 Å². The van der Waals surface area contributed by atoms with Gasteiger partial charge in [-0.05, 0) is 43.9 Å². The lowest BCUT2D eigenvalue weighted by Gasteiger charge is -2.21. The zero-order chi connectivity index (χ0) is 15.4. The number of nitrogens with one attached hydrogen (secondary N) is 1. The van der Waals surface area contributed by atoms with Crippen molar-refractivity contribution < 1.29 is 4.79 Å². The Morgan fingerprint density at radius 2 is 2.14 bits per heavy atom. The van der Waals surface area contributed by atoms with Gasteiger partial charge in [0.15, 0.2) is 0 Å². The molecule has 1 heterocycles. The highest BCUT2D eigenvalue weighted by atomic mass is 16.1. The summed E-state index contributed by atoms with van der Waals surface area (Å²) in [5.74, 6) is 0.263. The Labute approximate surface area is 130 Å². The number of rotatable bonds is 4. The first-order valence-electron chi connectivity index (χ1n) is 7.64. The van der Waals surface area contributed by atoms with Crippen molar-refractivity contribution in [2.45, 2.75) is 32.2 Å². The van der Waals surface area contributed by atoms with Crippen molar-refractivity contribution in [3.63, 3.8) is 0 Å². The molecule has 0 saturated heterocycles. The third-order valence-corrected chi connectivity index (χ3v) is 4.07. The minimum absolute atomic E-state index is 0.00297. The normalized spacial score (nSPS) is 18.9. The van der Waals surface area contributed by atoms with Gasteiger partial charge in [-0.15, -0.1) is 0 Å². The van der Waals surface area contributed by atoms with E-state index in [-0.39, 0.29) is 17.9 Å². The summed E-state index contributed by atoms with van der Waals surface area (Å²) in [4.78, 5) is 16.2. The summed E-state index contributed by atoms with van der Waals surface area (Å²) >= 11 is 0. The van der Waals surface area contributed by atoms with Crippen molar-refractivity contribution >= 4 is 5.91 Å². The highest BCUT2D eigenvalue weighted by Gasteiger charge is 2.20. The van der Waals surface area contributed by atoms with Gasteiger partial charge in [0, 0.05) is 5.92 Å². The van der Waals surface area contributed by atoms with Crippen LogP contribution in [0.2, 0.25) is 0 Å². The van der Waals surface area contributed by atoms with Gasteiger partial charge < -0.3 is 5.32 Å². The average molecular weight is 296 g/mol. The van der Waals surface area contributed by atoms with E-state index in [0.717, 1.165) is 30.5 Å². The Kier molecular flexibility index (Phi) is 4.32. The Hall–Kier alpha value is -2.43. The molecule has 2 aromatic rings. The summed E-state index contributed by atoms with van der Waals surface area (Å²) in [5, 5.41) is 7.21. The zero-order valence-corrected chi connectivity index (χ0v) is 12.6. The molecule has 0 spiro atoms. The van der Waals surface area contributed by atoms with Crippen molar-refractivity contribution in [2.75, 3.05) is 0 Å². The molecule has 2 atom stereocenters. The van der Waals surface area contributed by atoms with Gasteiger partial charge in [0.05, 0.1) is 11.7 Å². The van der Waals surface area contributed by atoms with Crippen molar-refractivity contribution in [2.24, 2.45) is 5.92 Å². The second-order valence-electron chi connectivity index (χ2n) is 5.64. The fraction of sp³-hybridized carbons (Fsp3) is 0.353. The Balaban J connectivity index is 1.63. The zero-order valence-electron chi connectivity index (χ0n) is 12.6. The topological polar surface area (TPSA) is 59.8 Å². The van der Waals surface area contributed by atoms with Gasteiger partial charge >= 0.3 is 0 Å². The molecule has 114 valence electrons. The molecule has 5 heteroatoms. The fourth-order valence-corrected chi connectivity index (χ4v) is 2.70. The Morgan fingerprint density at radius 3 is 2.77 bits per heavy atom. The van der Waals surface area contributed by atoms with E-state index in [9.17, 15) is 4.79 Å². The van der Waals surface area contributed by atoms with Gasteiger partial charge in [-0.3, -0.25) is 4.79 Å². The third-order valence-electron chi connectivity index (χ3n) is 4.07. The second kappa shape index (κ2) is 6.56. The van der Waals surface area contributed by atoms with Crippen LogP contribution in [0.3, 0.4) is 0 Å². The second-order valence-corrected chi connectivity index (χ2v) is 5.64. The highest BCUT2D eigenvalue weighted by molar-refractivity contribution is 5.79. The van der Waals surface area contributed by atoms with E-state index in [0.29, 0.717) is 0 Å². The first-order valence-corrected chi connectivity index (χ1v) is 7.64. The van der Waals surface area contributed by atoms with Crippen LogP contribution < -0.4 is 5.32 Å². The van der Waals surface area contributed by atoms with Crippen LogP contribution in [0.4, 0.5) is 0 Å². The van der Waals surface area contributed by atoms with Gasteiger partial charge in [-0.25, -0.2) is 9.67 Å². The Morgan fingerprint density at radius 1 is 1.32 bits per heavy atom.